The van der Waals surface area contributed by atoms with Crippen molar-refractivity contribution >= 4 is 26.7 Å². The lowest BCUT2D eigenvalue weighted by Crippen LogP contribution is -2.30. The lowest BCUT2D eigenvalue weighted by atomic mass is 10.1. The van der Waals surface area contributed by atoms with Crippen LogP contribution >= 0.6 is 0 Å². The number of pyridine rings is 1. The van der Waals surface area contributed by atoms with Gasteiger partial charge in [-0.2, -0.15) is 0 Å². The van der Waals surface area contributed by atoms with Gasteiger partial charge in [-0.25, -0.2) is 13.4 Å². The number of rotatable bonds is 3. The predicted molar refractivity (Wildman–Crippen MR) is 91.9 cm³/mol. The normalized spacial score (nSPS) is 14.2. The molecule has 4 nitrogen and oxygen atoms in total. The van der Waals surface area contributed by atoms with E-state index in [4.69, 9.17) is 0 Å². The van der Waals surface area contributed by atoms with E-state index in [1.807, 2.05) is 54.6 Å². The second kappa shape index (κ2) is 5.35. The van der Waals surface area contributed by atoms with Crippen LogP contribution in [0.4, 0.5) is 5.82 Å². The molecular formula is C18H16N2O2S. The lowest BCUT2D eigenvalue weighted by molar-refractivity contribution is 0.591. The number of anilines is 1. The van der Waals surface area contributed by atoms with Crippen LogP contribution in [-0.4, -0.2) is 19.9 Å². The first kappa shape index (κ1) is 14.2. The van der Waals surface area contributed by atoms with Crippen LogP contribution in [-0.2, 0) is 22.2 Å². The molecule has 1 aromatic heterocycles. The molecule has 0 bridgehead atoms. The maximum absolute atomic E-state index is 12.8. The van der Waals surface area contributed by atoms with Crippen LogP contribution in [0.15, 0.2) is 60.7 Å². The Balaban J connectivity index is 1.74. The topological polar surface area (TPSA) is 50.3 Å². The number of hydrogen-bond acceptors (Lipinski definition) is 3. The quantitative estimate of drug-likeness (QED) is 0.744. The molecular weight excluding hydrogens is 308 g/mol. The lowest BCUT2D eigenvalue weighted by Gasteiger charge is -2.19. The summed E-state index contributed by atoms with van der Waals surface area (Å²) in [5.41, 5.74) is 2.62. The van der Waals surface area contributed by atoms with Crippen molar-refractivity contribution in [3.8, 4) is 0 Å². The van der Waals surface area contributed by atoms with Gasteiger partial charge in [-0.1, -0.05) is 48.5 Å². The van der Waals surface area contributed by atoms with Gasteiger partial charge in [-0.15, -0.1) is 0 Å². The summed E-state index contributed by atoms with van der Waals surface area (Å²) >= 11 is 0. The molecule has 5 heteroatoms. The van der Waals surface area contributed by atoms with Gasteiger partial charge in [0, 0.05) is 11.9 Å². The van der Waals surface area contributed by atoms with Gasteiger partial charge in [0.05, 0.1) is 11.3 Å². The molecule has 23 heavy (non-hydrogen) atoms. The van der Waals surface area contributed by atoms with Crippen molar-refractivity contribution in [3.05, 3.63) is 71.8 Å². The number of aromatic nitrogens is 1. The van der Waals surface area contributed by atoms with Gasteiger partial charge in [-0.05, 0) is 29.7 Å². The fraction of sp³-hybridized carbons (Fsp3) is 0.167. The van der Waals surface area contributed by atoms with Crippen LogP contribution in [0.3, 0.4) is 0 Å². The Morgan fingerprint density at radius 1 is 1.00 bits per heavy atom. The fourth-order valence-electron chi connectivity index (χ4n) is 3.01. The monoisotopic (exact) mass is 324 g/mol. The summed E-state index contributed by atoms with van der Waals surface area (Å²) in [6, 6.07) is 19.1. The third kappa shape index (κ3) is 2.57. The van der Waals surface area contributed by atoms with E-state index in [1.54, 1.807) is 0 Å². The predicted octanol–water partition coefficient (Wildman–Crippen LogP) is 3.13. The molecule has 1 aliphatic heterocycles. The number of nitrogens with zero attached hydrogens (tertiary/aromatic N) is 2. The molecule has 0 spiro atoms. The van der Waals surface area contributed by atoms with Gasteiger partial charge in [0.25, 0.3) is 0 Å². The van der Waals surface area contributed by atoms with Crippen molar-refractivity contribution in [1.29, 1.82) is 0 Å². The highest BCUT2D eigenvalue weighted by atomic mass is 32.2. The molecule has 0 aliphatic carbocycles. The zero-order chi connectivity index (χ0) is 15.9. The Labute approximate surface area is 135 Å². The van der Waals surface area contributed by atoms with Crippen molar-refractivity contribution in [2.45, 2.75) is 12.2 Å². The second-order valence-electron chi connectivity index (χ2n) is 5.73. The van der Waals surface area contributed by atoms with E-state index in [1.165, 1.54) is 4.31 Å². The summed E-state index contributed by atoms with van der Waals surface area (Å²) in [5.74, 6) is 0.585. The zero-order valence-electron chi connectivity index (χ0n) is 12.5. The SMILES string of the molecule is O=S(=O)(Cc1ccccc1)N1CCc2cc3ccccc3nc21. The van der Waals surface area contributed by atoms with E-state index in [-0.39, 0.29) is 5.75 Å². The van der Waals surface area contributed by atoms with E-state index >= 15 is 0 Å². The van der Waals surface area contributed by atoms with Crippen molar-refractivity contribution in [2.75, 3.05) is 10.8 Å². The summed E-state index contributed by atoms with van der Waals surface area (Å²) in [5, 5.41) is 1.05. The Morgan fingerprint density at radius 2 is 1.74 bits per heavy atom. The molecule has 0 fully saturated rings. The van der Waals surface area contributed by atoms with Crippen molar-refractivity contribution in [2.24, 2.45) is 0 Å². The van der Waals surface area contributed by atoms with Crippen LogP contribution in [0.25, 0.3) is 10.9 Å². The number of fused-ring (bicyclic) bond motifs is 2. The van der Waals surface area contributed by atoms with Crippen LogP contribution in [0, 0.1) is 0 Å². The highest BCUT2D eigenvalue weighted by molar-refractivity contribution is 7.92. The number of benzene rings is 2. The molecule has 0 N–H and O–H groups in total. The van der Waals surface area contributed by atoms with Gasteiger partial charge in [0.15, 0.2) is 0 Å². The van der Waals surface area contributed by atoms with E-state index in [2.05, 4.69) is 11.1 Å². The third-order valence-electron chi connectivity index (χ3n) is 4.13. The molecule has 116 valence electrons. The summed E-state index contributed by atoms with van der Waals surface area (Å²) in [4.78, 5) is 4.59. The van der Waals surface area contributed by atoms with Gasteiger partial charge in [-0.3, -0.25) is 4.31 Å². The van der Waals surface area contributed by atoms with Crippen molar-refractivity contribution in [1.82, 2.24) is 4.98 Å². The second-order valence-corrected chi connectivity index (χ2v) is 7.62. The van der Waals surface area contributed by atoms with Crippen LogP contribution in [0.5, 0.6) is 0 Å². The third-order valence-corrected chi connectivity index (χ3v) is 5.85. The Kier molecular flexibility index (Phi) is 3.31. The minimum absolute atomic E-state index is 0.00177. The van der Waals surface area contributed by atoms with Crippen molar-refractivity contribution in [3.63, 3.8) is 0 Å². The first-order valence-corrected chi connectivity index (χ1v) is 9.17. The van der Waals surface area contributed by atoms with E-state index < -0.39 is 10.0 Å². The number of hydrogen-bond donors (Lipinski definition) is 0. The summed E-state index contributed by atoms with van der Waals surface area (Å²) in [6.45, 7) is 0.466. The van der Waals surface area contributed by atoms with Crippen molar-refractivity contribution < 1.29 is 8.42 Å². The average Bonchev–Trinajstić information content (AvgIpc) is 2.97. The molecule has 1 aliphatic rings. The van der Waals surface area contributed by atoms with Crippen LogP contribution in [0.2, 0.25) is 0 Å². The highest BCUT2D eigenvalue weighted by Crippen LogP contribution is 2.32. The van der Waals surface area contributed by atoms with Gasteiger partial charge in [0.1, 0.15) is 5.82 Å². The van der Waals surface area contributed by atoms with Crippen LogP contribution in [0.1, 0.15) is 11.1 Å². The molecule has 2 aromatic carbocycles. The first-order valence-electron chi connectivity index (χ1n) is 7.56. The van der Waals surface area contributed by atoms with Gasteiger partial charge in [0.2, 0.25) is 10.0 Å². The van der Waals surface area contributed by atoms with Crippen LogP contribution < -0.4 is 4.31 Å². The Bertz CT molecular complexity index is 969. The summed E-state index contributed by atoms with van der Waals surface area (Å²) in [7, 11) is -3.42. The zero-order valence-corrected chi connectivity index (χ0v) is 13.3. The van der Waals surface area contributed by atoms with E-state index in [0.29, 0.717) is 18.8 Å². The highest BCUT2D eigenvalue weighted by Gasteiger charge is 2.31. The molecule has 0 radical (unpaired) electrons. The van der Waals surface area contributed by atoms with Gasteiger partial charge >= 0.3 is 0 Å². The smallest absolute Gasteiger partial charge is 0.240 e. The summed E-state index contributed by atoms with van der Waals surface area (Å²) in [6.07, 6.45) is 0.710. The van der Waals surface area contributed by atoms with Gasteiger partial charge < -0.3 is 0 Å². The van der Waals surface area contributed by atoms with E-state index in [9.17, 15) is 8.42 Å². The molecule has 4 rings (SSSR count). The number of sulfonamides is 1. The first-order chi connectivity index (χ1) is 11.1. The Morgan fingerprint density at radius 3 is 2.57 bits per heavy atom. The minimum atomic E-state index is -3.42. The maximum Gasteiger partial charge on any atom is 0.240 e. The molecule has 0 atom stereocenters. The molecule has 2 heterocycles. The summed E-state index contributed by atoms with van der Waals surface area (Å²) < 4.78 is 27.0. The number of para-hydroxylation sites is 1. The molecule has 0 amide bonds. The largest absolute Gasteiger partial charge is 0.253 e. The standard InChI is InChI=1S/C18H16N2O2S/c21-23(22,13-14-6-2-1-3-7-14)20-11-10-16-12-15-8-4-5-9-17(15)19-18(16)20/h1-9,12H,10-11,13H2. The fourth-order valence-corrected chi connectivity index (χ4v) is 4.57. The Hall–Kier alpha value is -2.40. The molecule has 0 saturated carbocycles. The molecule has 3 aromatic rings. The molecule has 0 unspecified atom stereocenters. The maximum atomic E-state index is 12.8. The molecule has 0 saturated heterocycles. The average molecular weight is 324 g/mol. The van der Waals surface area contributed by atoms with E-state index in [0.717, 1.165) is 22.0 Å². The minimum Gasteiger partial charge on any atom is -0.253 e.